The third-order valence-corrected chi connectivity index (χ3v) is 5.77. The lowest BCUT2D eigenvalue weighted by molar-refractivity contribution is 0.0947. The molecule has 4 nitrogen and oxygen atoms in total. The highest BCUT2D eigenvalue weighted by Crippen LogP contribution is 2.20. The van der Waals surface area contributed by atoms with E-state index in [1.807, 2.05) is 25.1 Å². The minimum Gasteiger partial charge on any atom is -0.352 e. The molecular formula is C13H16BrNO3S. The zero-order valence-corrected chi connectivity index (χ0v) is 13.1. The summed E-state index contributed by atoms with van der Waals surface area (Å²) in [6.07, 6.45) is 0.637. The van der Waals surface area contributed by atoms with Crippen LogP contribution >= 0.6 is 15.9 Å². The van der Waals surface area contributed by atoms with Crippen molar-refractivity contribution >= 4 is 31.7 Å². The van der Waals surface area contributed by atoms with Crippen molar-refractivity contribution in [3.05, 3.63) is 33.8 Å². The van der Waals surface area contributed by atoms with Crippen LogP contribution < -0.4 is 5.32 Å². The van der Waals surface area contributed by atoms with E-state index in [1.165, 1.54) is 0 Å². The Labute approximate surface area is 121 Å². The first-order chi connectivity index (χ1) is 8.87. The third kappa shape index (κ3) is 3.79. The van der Waals surface area contributed by atoms with E-state index in [2.05, 4.69) is 21.2 Å². The largest absolute Gasteiger partial charge is 0.352 e. The fraction of sp³-hybridized carbons (Fsp3) is 0.462. The number of carbonyl (C=O) groups is 1. The molecule has 1 saturated heterocycles. The summed E-state index contributed by atoms with van der Waals surface area (Å²) in [5, 5.41) is 2.81. The zero-order valence-electron chi connectivity index (χ0n) is 10.6. The molecule has 2 rings (SSSR count). The van der Waals surface area contributed by atoms with Gasteiger partial charge >= 0.3 is 0 Å². The third-order valence-electron chi connectivity index (χ3n) is 3.24. The molecule has 1 N–H and O–H groups in total. The first-order valence-corrected chi connectivity index (χ1v) is 8.73. The number of hydrogen-bond donors (Lipinski definition) is 1. The zero-order chi connectivity index (χ0) is 14.0. The number of benzene rings is 1. The second kappa shape index (κ2) is 5.63. The lowest BCUT2D eigenvalue weighted by Crippen LogP contribution is -2.30. The quantitative estimate of drug-likeness (QED) is 0.910. The van der Waals surface area contributed by atoms with Crippen molar-refractivity contribution < 1.29 is 13.2 Å². The molecule has 1 atom stereocenters. The van der Waals surface area contributed by atoms with Gasteiger partial charge in [0.2, 0.25) is 0 Å². The summed E-state index contributed by atoms with van der Waals surface area (Å²) >= 11 is 3.35. The Hall–Kier alpha value is -0.880. The van der Waals surface area contributed by atoms with Crippen LogP contribution in [0.1, 0.15) is 22.3 Å². The molecule has 1 fully saturated rings. The molecule has 0 saturated carbocycles. The van der Waals surface area contributed by atoms with Gasteiger partial charge < -0.3 is 5.32 Å². The molecule has 1 heterocycles. The van der Waals surface area contributed by atoms with Crippen molar-refractivity contribution in [3.63, 3.8) is 0 Å². The van der Waals surface area contributed by atoms with Crippen molar-refractivity contribution in [1.29, 1.82) is 0 Å². The maximum atomic E-state index is 12.0. The highest BCUT2D eigenvalue weighted by atomic mass is 79.9. The van der Waals surface area contributed by atoms with Crippen molar-refractivity contribution in [2.24, 2.45) is 5.92 Å². The summed E-state index contributed by atoms with van der Waals surface area (Å²) in [4.78, 5) is 12.0. The summed E-state index contributed by atoms with van der Waals surface area (Å²) < 4.78 is 23.4. The van der Waals surface area contributed by atoms with Crippen molar-refractivity contribution in [1.82, 2.24) is 5.32 Å². The first-order valence-electron chi connectivity index (χ1n) is 6.12. The van der Waals surface area contributed by atoms with Gasteiger partial charge in [-0.15, -0.1) is 0 Å². The molecule has 0 radical (unpaired) electrons. The molecule has 1 aromatic carbocycles. The van der Waals surface area contributed by atoms with Gasteiger partial charge in [0, 0.05) is 11.0 Å². The van der Waals surface area contributed by atoms with Gasteiger partial charge in [0.15, 0.2) is 9.84 Å². The number of rotatable bonds is 3. The van der Waals surface area contributed by atoms with E-state index >= 15 is 0 Å². The average Bonchev–Trinajstić information content (AvgIpc) is 2.69. The van der Waals surface area contributed by atoms with Crippen LogP contribution in [0.15, 0.2) is 22.7 Å². The Kier molecular flexibility index (Phi) is 4.30. The molecule has 0 aromatic heterocycles. The lowest BCUT2D eigenvalue weighted by atomic mass is 10.1. The van der Waals surface area contributed by atoms with Crippen LogP contribution in [0.3, 0.4) is 0 Å². The molecular weight excluding hydrogens is 330 g/mol. The molecule has 19 heavy (non-hydrogen) atoms. The topological polar surface area (TPSA) is 63.2 Å². The van der Waals surface area contributed by atoms with Gasteiger partial charge in [-0.1, -0.05) is 11.6 Å². The van der Waals surface area contributed by atoms with Crippen LogP contribution in [-0.2, 0) is 9.84 Å². The molecule has 1 aliphatic heterocycles. The monoisotopic (exact) mass is 345 g/mol. The van der Waals surface area contributed by atoms with Crippen LogP contribution in [0.4, 0.5) is 0 Å². The number of carbonyl (C=O) groups excluding carboxylic acids is 1. The average molecular weight is 346 g/mol. The summed E-state index contributed by atoms with van der Waals surface area (Å²) in [5.74, 6) is 0.293. The summed E-state index contributed by atoms with van der Waals surface area (Å²) in [6.45, 7) is 2.34. The van der Waals surface area contributed by atoms with Gasteiger partial charge in [0.05, 0.1) is 17.1 Å². The van der Waals surface area contributed by atoms with Crippen LogP contribution in [0.5, 0.6) is 0 Å². The van der Waals surface area contributed by atoms with Gasteiger partial charge in [-0.3, -0.25) is 4.79 Å². The van der Waals surface area contributed by atoms with Crippen LogP contribution in [0, 0.1) is 12.8 Å². The first kappa shape index (κ1) is 14.5. The van der Waals surface area contributed by atoms with E-state index in [-0.39, 0.29) is 23.3 Å². The molecule has 104 valence electrons. The molecule has 0 aliphatic carbocycles. The number of hydrogen-bond acceptors (Lipinski definition) is 3. The second-order valence-electron chi connectivity index (χ2n) is 4.96. The molecule has 1 aromatic rings. The Morgan fingerprint density at radius 1 is 1.47 bits per heavy atom. The van der Waals surface area contributed by atoms with Gasteiger partial charge in [-0.05, 0) is 47.3 Å². The molecule has 0 bridgehead atoms. The summed E-state index contributed by atoms with van der Waals surface area (Å²) in [5.41, 5.74) is 1.60. The standard InChI is InChI=1S/C13H16BrNO3S/c1-9-2-3-12(14)11(6-9)13(16)15-7-10-4-5-19(17,18)8-10/h2-3,6,10H,4-5,7-8H2,1H3,(H,15,16). The van der Waals surface area contributed by atoms with Crippen molar-refractivity contribution in [2.75, 3.05) is 18.1 Å². The number of aryl methyl sites for hydroxylation is 1. The predicted octanol–water partition coefficient (Wildman–Crippen LogP) is 1.92. The summed E-state index contributed by atoms with van der Waals surface area (Å²) in [6, 6.07) is 5.57. The fourth-order valence-corrected chi connectivity index (χ4v) is 4.47. The second-order valence-corrected chi connectivity index (χ2v) is 8.05. The van der Waals surface area contributed by atoms with Gasteiger partial charge in [0.25, 0.3) is 5.91 Å². The smallest absolute Gasteiger partial charge is 0.252 e. The van der Waals surface area contributed by atoms with E-state index < -0.39 is 9.84 Å². The number of sulfone groups is 1. The normalized spacial score (nSPS) is 21.3. The van der Waals surface area contributed by atoms with E-state index in [0.29, 0.717) is 18.5 Å². The molecule has 1 aliphatic rings. The maximum absolute atomic E-state index is 12.0. The van der Waals surface area contributed by atoms with E-state index in [0.717, 1.165) is 10.0 Å². The van der Waals surface area contributed by atoms with Gasteiger partial charge in [-0.25, -0.2) is 8.42 Å². The highest BCUT2D eigenvalue weighted by molar-refractivity contribution is 9.10. The Balaban J connectivity index is 1.97. The molecule has 1 unspecified atom stereocenters. The minimum atomic E-state index is -2.88. The van der Waals surface area contributed by atoms with Crippen LogP contribution in [0.2, 0.25) is 0 Å². The number of amides is 1. The van der Waals surface area contributed by atoms with Crippen LogP contribution in [-0.4, -0.2) is 32.4 Å². The molecule has 1 amide bonds. The van der Waals surface area contributed by atoms with Crippen LogP contribution in [0.25, 0.3) is 0 Å². The maximum Gasteiger partial charge on any atom is 0.252 e. The minimum absolute atomic E-state index is 0.0394. The van der Waals surface area contributed by atoms with E-state index in [1.54, 1.807) is 0 Å². The Morgan fingerprint density at radius 3 is 2.84 bits per heavy atom. The summed E-state index contributed by atoms with van der Waals surface area (Å²) in [7, 11) is -2.88. The Bertz CT molecular complexity index is 598. The lowest BCUT2D eigenvalue weighted by Gasteiger charge is -2.11. The fourth-order valence-electron chi connectivity index (χ4n) is 2.18. The highest BCUT2D eigenvalue weighted by Gasteiger charge is 2.28. The molecule has 6 heteroatoms. The number of halogens is 1. The van der Waals surface area contributed by atoms with Gasteiger partial charge in [0.1, 0.15) is 0 Å². The van der Waals surface area contributed by atoms with Crippen molar-refractivity contribution in [3.8, 4) is 0 Å². The van der Waals surface area contributed by atoms with Gasteiger partial charge in [-0.2, -0.15) is 0 Å². The predicted molar refractivity (Wildman–Crippen MR) is 78.0 cm³/mol. The van der Waals surface area contributed by atoms with Crippen molar-refractivity contribution in [2.45, 2.75) is 13.3 Å². The molecule has 0 spiro atoms. The Morgan fingerprint density at radius 2 is 2.21 bits per heavy atom. The van der Waals surface area contributed by atoms with E-state index in [9.17, 15) is 13.2 Å². The number of nitrogens with one attached hydrogen (secondary N) is 1. The SMILES string of the molecule is Cc1ccc(Br)c(C(=O)NCC2CCS(=O)(=O)C2)c1. The van der Waals surface area contributed by atoms with E-state index in [4.69, 9.17) is 0 Å².